The van der Waals surface area contributed by atoms with Gasteiger partial charge in [-0.25, -0.2) is 0 Å². The smallest absolute Gasteiger partial charge is 0.224 e. The van der Waals surface area contributed by atoms with Crippen LogP contribution in [0.1, 0.15) is 31.4 Å². The number of ketones is 1. The summed E-state index contributed by atoms with van der Waals surface area (Å²) in [5, 5.41) is 3.44. The first-order valence-corrected chi connectivity index (χ1v) is 10.3. The van der Waals surface area contributed by atoms with Crippen LogP contribution >= 0.6 is 11.8 Å². The van der Waals surface area contributed by atoms with E-state index in [4.69, 9.17) is 0 Å². The monoisotopic (exact) mass is 378 g/mol. The molecule has 27 heavy (non-hydrogen) atoms. The lowest BCUT2D eigenvalue weighted by molar-refractivity contribution is -0.123. The number of hydrogen-bond donors (Lipinski definition) is 1. The van der Waals surface area contributed by atoms with Crippen molar-refractivity contribution in [2.45, 2.75) is 30.7 Å². The molecular weight excluding hydrogens is 356 g/mol. The van der Waals surface area contributed by atoms with Crippen LogP contribution in [0.5, 0.6) is 0 Å². The molecule has 1 amide bonds. The minimum Gasteiger partial charge on any atom is -0.357 e. The third kappa shape index (κ3) is 3.16. The molecule has 0 saturated heterocycles. The first-order chi connectivity index (χ1) is 13.1. The minimum absolute atomic E-state index is 0.0668. The Morgan fingerprint density at radius 1 is 1.15 bits per heavy atom. The number of anilines is 2. The van der Waals surface area contributed by atoms with Crippen LogP contribution in [0.25, 0.3) is 0 Å². The SMILES string of the molecule is CSc1ccc([C@H]2[C@H]3C(=O)CCC=C3Nc3ccccc3N2C(C)=O)cc1. The van der Waals surface area contributed by atoms with E-state index in [9.17, 15) is 9.59 Å². The van der Waals surface area contributed by atoms with Gasteiger partial charge in [0.15, 0.2) is 0 Å². The second-order valence-electron chi connectivity index (χ2n) is 6.89. The summed E-state index contributed by atoms with van der Waals surface area (Å²) in [5.74, 6) is -0.268. The second-order valence-corrected chi connectivity index (χ2v) is 7.77. The zero-order valence-corrected chi connectivity index (χ0v) is 16.3. The number of carbonyl (C=O) groups excluding carboxylic acids is 2. The number of Topliss-reactive ketones (excluding diaryl/α,β-unsaturated/α-hetero) is 1. The average Bonchev–Trinajstić information content (AvgIpc) is 2.83. The lowest BCUT2D eigenvalue weighted by atomic mass is 9.81. The van der Waals surface area contributed by atoms with Crippen molar-refractivity contribution < 1.29 is 9.59 Å². The highest BCUT2D eigenvalue weighted by Crippen LogP contribution is 2.46. The van der Waals surface area contributed by atoms with Crippen molar-refractivity contribution in [2.24, 2.45) is 5.92 Å². The average molecular weight is 378 g/mol. The predicted molar refractivity (Wildman–Crippen MR) is 110 cm³/mol. The normalized spacial score (nSPS) is 21.5. The Labute approximate surface area is 163 Å². The minimum atomic E-state index is -0.379. The van der Waals surface area contributed by atoms with E-state index in [0.29, 0.717) is 6.42 Å². The molecule has 1 aliphatic heterocycles. The molecule has 0 spiro atoms. The Bertz CT molecular complexity index is 920. The van der Waals surface area contributed by atoms with E-state index in [1.54, 1.807) is 23.6 Å². The lowest BCUT2D eigenvalue weighted by Gasteiger charge is -2.36. The molecule has 2 aromatic carbocycles. The van der Waals surface area contributed by atoms with Gasteiger partial charge in [0, 0.05) is 23.9 Å². The van der Waals surface area contributed by atoms with Crippen molar-refractivity contribution in [3.05, 3.63) is 65.9 Å². The fraction of sp³-hybridized carbons (Fsp3) is 0.273. The van der Waals surface area contributed by atoms with Gasteiger partial charge in [-0.2, -0.15) is 0 Å². The number of rotatable bonds is 2. The highest BCUT2D eigenvalue weighted by atomic mass is 32.2. The van der Waals surface area contributed by atoms with Gasteiger partial charge in [-0.1, -0.05) is 30.3 Å². The number of para-hydroxylation sites is 2. The van der Waals surface area contributed by atoms with Crippen molar-refractivity contribution >= 4 is 34.8 Å². The summed E-state index contributed by atoms with van der Waals surface area (Å²) in [4.78, 5) is 28.7. The van der Waals surface area contributed by atoms with E-state index in [-0.39, 0.29) is 23.7 Å². The summed E-state index contributed by atoms with van der Waals surface area (Å²) >= 11 is 1.68. The number of amides is 1. The summed E-state index contributed by atoms with van der Waals surface area (Å²) in [7, 11) is 0. The van der Waals surface area contributed by atoms with Crippen LogP contribution < -0.4 is 10.2 Å². The van der Waals surface area contributed by atoms with E-state index >= 15 is 0 Å². The summed E-state index contributed by atoms with van der Waals surface area (Å²) in [6.07, 6.45) is 5.39. The quantitative estimate of drug-likeness (QED) is 0.763. The fourth-order valence-electron chi connectivity index (χ4n) is 4.05. The Balaban J connectivity index is 1.94. The number of fused-ring (bicyclic) bond motifs is 2. The molecule has 0 aromatic heterocycles. The number of benzene rings is 2. The van der Waals surface area contributed by atoms with Crippen molar-refractivity contribution in [1.82, 2.24) is 0 Å². The summed E-state index contributed by atoms with van der Waals surface area (Å²) in [6.45, 7) is 1.57. The molecule has 0 unspecified atom stereocenters. The third-order valence-corrected chi connectivity index (χ3v) is 6.01. The summed E-state index contributed by atoms with van der Waals surface area (Å²) < 4.78 is 0. The predicted octanol–water partition coefficient (Wildman–Crippen LogP) is 4.79. The van der Waals surface area contributed by atoms with E-state index in [2.05, 4.69) is 23.5 Å². The molecular formula is C22H22N2O2S. The maximum absolute atomic E-state index is 13.0. The highest BCUT2D eigenvalue weighted by molar-refractivity contribution is 7.98. The molecule has 2 aliphatic rings. The molecule has 1 N–H and O–H groups in total. The van der Waals surface area contributed by atoms with E-state index in [1.807, 2.05) is 42.7 Å². The van der Waals surface area contributed by atoms with Crippen LogP contribution in [0.2, 0.25) is 0 Å². The van der Waals surface area contributed by atoms with Crippen LogP contribution in [-0.2, 0) is 9.59 Å². The molecule has 1 heterocycles. The molecule has 0 saturated carbocycles. The van der Waals surface area contributed by atoms with Gasteiger partial charge in [0.1, 0.15) is 5.78 Å². The number of thioether (sulfide) groups is 1. The molecule has 1 aliphatic carbocycles. The molecule has 0 fully saturated rings. The molecule has 2 atom stereocenters. The van der Waals surface area contributed by atoms with Gasteiger partial charge in [-0.15, -0.1) is 11.8 Å². The Morgan fingerprint density at radius 2 is 1.89 bits per heavy atom. The van der Waals surface area contributed by atoms with Crippen LogP contribution in [0.3, 0.4) is 0 Å². The standard InChI is InChI=1S/C22H22N2O2S/c1-14(25)24-19-8-4-3-6-17(19)23-18-7-5-9-20(26)21(18)22(24)15-10-12-16(27-2)13-11-15/h3-4,6-8,10-13,21-23H,5,9H2,1-2H3/t21-,22+/m1/s1. The first kappa shape index (κ1) is 17.9. The van der Waals surface area contributed by atoms with Crippen LogP contribution in [0.4, 0.5) is 11.4 Å². The molecule has 4 nitrogen and oxygen atoms in total. The van der Waals surface area contributed by atoms with E-state index < -0.39 is 0 Å². The maximum Gasteiger partial charge on any atom is 0.224 e. The van der Waals surface area contributed by atoms with Gasteiger partial charge >= 0.3 is 0 Å². The topological polar surface area (TPSA) is 49.4 Å². The number of carbonyl (C=O) groups is 2. The van der Waals surface area contributed by atoms with Gasteiger partial charge in [0.2, 0.25) is 5.91 Å². The van der Waals surface area contributed by atoms with Crippen molar-refractivity contribution in [2.75, 3.05) is 16.5 Å². The number of nitrogens with one attached hydrogen (secondary N) is 1. The second kappa shape index (κ2) is 7.24. The molecule has 138 valence electrons. The first-order valence-electron chi connectivity index (χ1n) is 9.12. The number of hydrogen-bond acceptors (Lipinski definition) is 4. The molecule has 0 bridgehead atoms. The number of allylic oxidation sites excluding steroid dienone is 1. The molecule has 5 heteroatoms. The highest BCUT2D eigenvalue weighted by Gasteiger charge is 2.42. The maximum atomic E-state index is 13.0. The largest absolute Gasteiger partial charge is 0.357 e. The summed E-state index contributed by atoms with van der Waals surface area (Å²) in [5.41, 5.74) is 3.56. The molecule has 2 aromatic rings. The van der Waals surface area contributed by atoms with Gasteiger partial charge < -0.3 is 10.2 Å². The van der Waals surface area contributed by atoms with Crippen molar-refractivity contribution in [3.63, 3.8) is 0 Å². The molecule has 4 rings (SSSR count). The van der Waals surface area contributed by atoms with Gasteiger partial charge in [-0.3, -0.25) is 9.59 Å². The summed E-state index contributed by atoms with van der Waals surface area (Å²) in [6, 6.07) is 15.6. The Kier molecular flexibility index (Phi) is 4.79. The Hall–Kier alpha value is -2.53. The van der Waals surface area contributed by atoms with Crippen LogP contribution in [0.15, 0.2) is 65.2 Å². The van der Waals surface area contributed by atoms with Crippen LogP contribution in [0, 0.1) is 5.92 Å². The lowest BCUT2D eigenvalue weighted by Crippen LogP contribution is -2.40. The van der Waals surface area contributed by atoms with E-state index in [1.165, 1.54) is 0 Å². The van der Waals surface area contributed by atoms with Crippen molar-refractivity contribution in [1.29, 1.82) is 0 Å². The van der Waals surface area contributed by atoms with Crippen LogP contribution in [-0.4, -0.2) is 17.9 Å². The fourth-order valence-corrected chi connectivity index (χ4v) is 4.46. The third-order valence-electron chi connectivity index (χ3n) is 5.27. The van der Waals surface area contributed by atoms with Gasteiger partial charge in [-0.05, 0) is 42.5 Å². The van der Waals surface area contributed by atoms with Gasteiger partial charge in [0.25, 0.3) is 0 Å². The Morgan fingerprint density at radius 3 is 2.59 bits per heavy atom. The zero-order chi connectivity index (χ0) is 19.0. The number of nitrogens with zero attached hydrogens (tertiary/aromatic N) is 1. The van der Waals surface area contributed by atoms with Crippen molar-refractivity contribution in [3.8, 4) is 0 Å². The molecule has 0 radical (unpaired) electrons. The van der Waals surface area contributed by atoms with Gasteiger partial charge in [0.05, 0.1) is 23.3 Å². The zero-order valence-electron chi connectivity index (χ0n) is 15.4. The van der Waals surface area contributed by atoms with E-state index in [0.717, 1.165) is 34.0 Å².